The molecule has 27 heavy (non-hydrogen) atoms. The average molecular weight is 399 g/mol. The summed E-state index contributed by atoms with van der Waals surface area (Å²) in [4.78, 5) is 11.3. The third-order valence-corrected chi connectivity index (χ3v) is 3.41. The molecule has 0 aliphatic heterocycles. The Labute approximate surface area is 147 Å². The van der Waals surface area contributed by atoms with Gasteiger partial charge >= 0.3 is 23.9 Å². The zero-order valence-electron chi connectivity index (χ0n) is 13.5. The van der Waals surface area contributed by atoms with E-state index in [0.717, 1.165) is 17.1 Å². The molecule has 2 rings (SSSR count). The minimum Gasteiger partial charge on any atom is -0.497 e. The Morgan fingerprint density at radius 2 is 1.85 bits per heavy atom. The molecule has 0 aliphatic carbocycles. The molecule has 0 bridgehead atoms. The van der Waals surface area contributed by atoms with Gasteiger partial charge in [0.1, 0.15) is 5.75 Å². The van der Waals surface area contributed by atoms with Crippen LogP contribution in [0, 0.1) is 0 Å². The quantitative estimate of drug-likeness (QED) is 0.754. The lowest BCUT2D eigenvalue weighted by atomic mass is 10.1. The Kier molecular flexibility index (Phi) is 5.38. The van der Waals surface area contributed by atoms with Crippen molar-refractivity contribution in [2.75, 3.05) is 12.4 Å². The van der Waals surface area contributed by atoms with Gasteiger partial charge in [0.15, 0.2) is 0 Å². The van der Waals surface area contributed by atoms with E-state index in [9.17, 15) is 35.5 Å². The monoisotopic (exact) mass is 399 g/mol. The van der Waals surface area contributed by atoms with Crippen LogP contribution in [0.5, 0.6) is 5.75 Å². The van der Waals surface area contributed by atoms with Crippen molar-refractivity contribution < 1.29 is 40.3 Å². The summed E-state index contributed by atoms with van der Waals surface area (Å²) >= 11 is 0. The molecular weight excluding hydrogens is 387 g/mol. The van der Waals surface area contributed by atoms with E-state index in [-0.39, 0.29) is 6.54 Å². The summed E-state index contributed by atoms with van der Waals surface area (Å²) in [6.45, 7) is 0.0994. The van der Waals surface area contributed by atoms with E-state index in [0.29, 0.717) is 11.3 Å². The van der Waals surface area contributed by atoms with E-state index in [1.807, 2.05) is 0 Å². The van der Waals surface area contributed by atoms with Gasteiger partial charge in [0.2, 0.25) is 0 Å². The highest BCUT2D eigenvalue weighted by Gasteiger charge is 2.76. The molecule has 0 radical (unpaired) electrons. The van der Waals surface area contributed by atoms with Crippen LogP contribution >= 0.6 is 0 Å². The topological polar surface area (TPSA) is 56.1 Å². The number of rotatable bonds is 6. The third kappa shape index (κ3) is 4.14. The first kappa shape index (κ1) is 20.5. The molecule has 0 saturated carbocycles. The SMILES string of the molecule is COc1cccc(Cn2cc(NC(=O)C(F)(F)C(F)(F)C(F)(F)F)cn2)c1. The first-order valence-corrected chi connectivity index (χ1v) is 7.17. The van der Waals surface area contributed by atoms with Crippen molar-refractivity contribution in [1.82, 2.24) is 9.78 Å². The number of carbonyl (C=O) groups is 1. The summed E-state index contributed by atoms with van der Waals surface area (Å²) in [7, 11) is 1.44. The molecule has 0 saturated heterocycles. The van der Waals surface area contributed by atoms with Gasteiger partial charge in [-0.1, -0.05) is 12.1 Å². The Balaban J connectivity index is 2.11. The number of hydrogen-bond donors (Lipinski definition) is 1. The molecule has 0 aliphatic rings. The molecular formula is C15H12F7N3O2. The Bertz CT molecular complexity index is 818. The van der Waals surface area contributed by atoms with Crippen LogP contribution in [-0.2, 0) is 11.3 Å². The molecule has 1 N–H and O–H groups in total. The zero-order valence-corrected chi connectivity index (χ0v) is 13.5. The van der Waals surface area contributed by atoms with E-state index in [1.165, 1.54) is 12.4 Å². The predicted octanol–water partition coefficient (Wildman–Crippen LogP) is 3.71. The maximum absolute atomic E-state index is 13.3. The molecule has 1 aromatic carbocycles. The molecule has 1 amide bonds. The molecule has 1 aromatic heterocycles. The highest BCUT2D eigenvalue weighted by Crippen LogP contribution is 2.46. The van der Waals surface area contributed by atoms with Gasteiger partial charge < -0.3 is 10.1 Å². The van der Waals surface area contributed by atoms with Crippen molar-refractivity contribution in [3.63, 3.8) is 0 Å². The number of ether oxygens (including phenoxy) is 1. The lowest BCUT2D eigenvalue weighted by Gasteiger charge is -2.26. The van der Waals surface area contributed by atoms with E-state index in [1.54, 1.807) is 24.3 Å². The maximum atomic E-state index is 13.3. The highest BCUT2D eigenvalue weighted by molar-refractivity contribution is 5.96. The van der Waals surface area contributed by atoms with Crippen molar-refractivity contribution in [2.24, 2.45) is 0 Å². The fraction of sp³-hybridized carbons (Fsp3) is 0.333. The second kappa shape index (κ2) is 7.08. The number of nitrogens with zero attached hydrogens (tertiary/aromatic N) is 2. The maximum Gasteiger partial charge on any atom is 0.460 e. The van der Waals surface area contributed by atoms with Crippen LogP contribution in [-0.4, -0.2) is 40.8 Å². The fourth-order valence-electron chi connectivity index (χ4n) is 2.00. The van der Waals surface area contributed by atoms with Crippen LogP contribution in [0.3, 0.4) is 0 Å². The van der Waals surface area contributed by atoms with E-state index in [2.05, 4.69) is 5.10 Å². The Morgan fingerprint density at radius 3 is 2.44 bits per heavy atom. The van der Waals surface area contributed by atoms with Crippen molar-refractivity contribution in [3.05, 3.63) is 42.2 Å². The normalized spacial score (nSPS) is 12.7. The molecule has 0 spiro atoms. The number of anilines is 1. The summed E-state index contributed by atoms with van der Waals surface area (Å²) in [6.07, 6.45) is -4.76. The standard InChI is InChI=1S/C15H12F7N3O2/c1-27-11-4-2-3-9(5-11)7-25-8-10(6-23-25)24-12(26)13(16,17)14(18,19)15(20,21)22/h2-6,8H,7H2,1H3,(H,24,26). The van der Waals surface area contributed by atoms with Gasteiger partial charge in [-0.2, -0.15) is 35.8 Å². The molecule has 5 nitrogen and oxygen atoms in total. The minimum absolute atomic E-state index is 0.0994. The van der Waals surface area contributed by atoms with Gasteiger partial charge in [-0.25, -0.2) is 0 Å². The number of nitrogens with one attached hydrogen (secondary N) is 1. The lowest BCUT2D eigenvalue weighted by Crippen LogP contribution is -2.57. The average Bonchev–Trinajstić information content (AvgIpc) is 3.00. The predicted molar refractivity (Wildman–Crippen MR) is 78.9 cm³/mol. The summed E-state index contributed by atoms with van der Waals surface area (Å²) < 4.78 is 94.8. The fourth-order valence-corrected chi connectivity index (χ4v) is 2.00. The number of amides is 1. The van der Waals surface area contributed by atoms with Crippen molar-refractivity contribution in [2.45, 2.75) is 24.6 Å². The number of carbonyl (C=O) groups excluding carboxylic acids is 1. The number of halogens is 7. The minimum atomic E-state index is -6.59. The number of methoxy groups -OCH3 is 1. The number of benzene rings is 1. The first-order valence-electron chi connectivity index (χ1n) is 7.17. The highest BCUT2D eigenvalue weighted by atomic mass is 19.4. The summed E-state index contributed by atoms with van der Waals surface area (Å²) in [5, 5.41) is 5.03. The largest absolute Gasteiger partial charge is 0.497 e. The van der Waals surface area contributed by atoms with Gasteiger partial charge in [0.05, 0.1) is 25.5 Å². The number of alkyl halides is 7. The first-order chi connectivity index (χ1) is 12.4. The molecule has 1 heterocycles. The van der Waals surface area contributed by atoms with E-state index in [4.69, 9.17) is 4.74 Å². The van der Waals surface area contributed by atoms with Crippen LogP contribution < -0.4 is 10.1 Å². The van der Waals surface area contributed by atoms with Crippen molar-refractivity contribution in [3.8, 4) is 5.75 Å². The van der Waals surface area contributed by atoms with Gasteiger partial charge in [-0.3, -0.25) is 9.48 Å². The second-order valence-electron chi connectivity index (χ2n) is 5.38. The molecule has 0 unspecified atom stereocenters. The second-order valence-corrected chi connectivity index (χ2v) is 5.38. The van der Waals surface area contributed by atoms with Gasteiger partial charge in [-0.05, 0) is 17.7 Å². The molecule has 2 aromatic rings. The number of hydrogen-bond acceptors (Lipinski definition) is 3. The van der Waals surface area contributed by atoms with Crippen LogP contribution in [0.15, 0.2) is 36.7 Å². The van der Waals surface area contributed by atoms with Gasteiger partial charge in [0, 0.05) is 6.20 Å². The van der Waals surface area contributed by atoms with Crippen molar-refractivity contribution >= 4 is 11.6 Å². The zero-order chi connectivity index (χ0) is 20.5. The van der Waals surface area contributed by atoms with E-state index < -0.39 is 29.6 Å². The molecule has 12 heteroatoms. The van der Waals surface area contributed by atoms with E-state index >= 15 is 0 Å². The van der Waals surface area contributed by atoms with Gasteiger partial charge in [0.25, 0.3) is 0 Å². The number of aromatic nitrogens is 2. The van der Waals surface area contributed by atoms with Crippen LogP contribution in [0.1, 0.15) is 5.56 Å². The molecule has 0 atom stereocenters. The van der Waals surface area contributed by atoms with Crippen LogP contribution in [0.2, 0.25) is 0 Å². The van der Waals surface area contributed by atoms with Gasteiger partial charge in [-0.15, -0.1) is 0 Å². The molecule has 0 fully saturated rings. The van der Waals surface area contributed by atoms with Crippen molar-refractivity contribution in [1.29, 1.82) is 0 Å². The summed E-state index contributed by atoms with van der Waals surface area (Å²) in [6, 6.07) is 6.65. The lowest BCUT2D eigenvalue weighted by molar-refractivity contribution is -0.343. The summed E-state index contributed by atoms with van der Waals surface area (Å²) in [5.41, 5.74) is 0.199. The van der Waals surface area contributed by atoms with Crippen LogP contribution in [0.25, 0.3) is 0 Å². The Hall–Kier alpha value is -2.79. The summed E-state index contributed by atoms with van der Waals surface area (Å²) in [5.74, 6) is -14.8. The molecule has 148 valence electrons. The third-order valence-electron chi connectivity index (χ3n) is 3.41. The smallest absolute Gasteiger partial charge is 0.460 e. The van der Waals surface area contributed by atoms with Crippen LogP contribution in [0.4, 0.5) is 36.4 Å². The Morgan fingerprint density at radius 1 is 1.19 bits per heavy atom.